The summed E-state index contributed by atoms with van der Waals surface area (Å²) in [6.07, 6.45) is 3.54. The van der Waals surface area contributed by atoms with E-state index >= 15 is 0 Å². The number of fused-ring (bicyclic) bond motifs is 1. The summed E-state index contributed by atoms with van der Waals surface area (Å²) in [6, 6.07) is 8.65. The minimum absolute atomic E-state index is 0.251. The van der Waals surface area contributed by atoms with Gasteiger partial charge in [0.15, 0.2) is 0 Å². The number of aryl methyl sites for hydroxylation is 2. The fourth-order valence-corrected chi connectivity index (χ4v) is 2.65. The summed E-state index contributed by atoms with van der Waals surface area (Å²) < 4.78 is 2.24. The Kier molecular flexibility index (Phi) is 4.83. The Bertz CT molecular complexity index is 582. The highest BCUT2D eigenvalue weighted by Crippen LogP contribution is 2.18. The molecule has 1 amide bonds. The van der Waals surface area contributed by atoms with Crippen LogP contribution < -0.4 is 0 Å². The van der Waals surface area contributed by atoms with E-state index in [0.29, 0.717) is 6.42 Å². The maximum Gasteiger partial charge on any atom is 0.222 e. The maximum absolute atomic E-state index is 12.0. The quantitative estimate of drug-likeness (QED) is 0.790. The lowest BCUT2D eigenvalue weighted by Gasteiger charge is -2.18. The number of aromatic nitrogens is 1. The van der Waals surface area contributed by atoms with Crippen molar-refractivity contribution in [2.24, 2.45) is 0 Å². The molecule has 0 atom stereocenters. The molecule has 2 rings (SSSR count). The van der Waals surface area contributed by atoms with Gasteiger partial charge in [-0.2, -0.15) is 0 Å². The first-order valence-electron chi connectivity index (χ1n) is 7.55. The van der Waals surface area contributed by atoms with Gasteiger partial charge in [-0.1, -0.05) is 12.1 Å². The molecule has 2 aromatic rings. The largest absolute Gasteiger partial charge is 0.348 e. The van der Waals surface area contributed by atoms with Gasteiger partial charge in [-0.15, -0.1) is 0 Å². The van der Waals surface area contributed by atoms with Gasteiger partial charge in [-0.3, -0.25) is 4.79 Å². The number of nitrogens with zero attached hydrogens (tertiary/aromatic N) is 2. The first-order chi connectivity index (χ1) is 9.69. The highest BCUT2D eigenvalue weighted by Gasteiger charge is 2.09. The standard InChI is InChI=1S/C17H24N2O/c1-4-18(5-2)17(20)10-8-14-7-9-15-11-12-19(6-3)16(15)13-14/h7,9,11-13H,4-6,8,10H2,1-3H3. The Morgan fingerprint density at radius 2 is 1.90 bits per heavy atom. The van der Waals surface area contributed by atoms with Crippen molar-refractivity contribution >= 4 is 16.8 Å². The maximum atomic E-state index is 12.0. The van der Waals surface area contributed by atoms with Crippen LogP contribution in [0.5, 0.6) is 0 Å². The zero-order valence-corrected chi connectivity index (χ0v) is 12.7. The van der Waals surface area contributed by atoms with Crippen molar-refractivity contribution < 1.29 is 4.79 Å². The molecule has 0 fully saturated rings. The van der Waals surface area contributed by atoms with E-state index in [-0.39, 0.29) is 5.91 Å². The van der Waals surface area contributed by atoms with Gasteiger partial charge >= 0.3 is 0 Å². The van der Waals surface area contributed by atoms with E-state index in [9.17, 15) is 4.79 Å². The van der Waals surface area contributed by atoms with Gasteiger partial charge in [-0.05, 0) is 50.3 Å². The predicted molar refractivity (Wildman–Crippen MR) is 83.9 cm³/mol. The van der Waals surface area contributed by atoms with Crippen LogP contribution in [0.15, 0.2) is 30.5 Å². The molecule has 0 bridgehead atoms. The van der Waals surface area contributed by atoms with Crippen molar-refractivity contribution in [3.05, 3.63) is 36.0 Å². The molecule has 0 radical (unpaired) electrons. The number of benzene rings is 1. The molecule has 0 aliphatic carbocycles. The Hall–Kier alpha value is -1.77. The molecule has 0 saturated heterocycles. The fraction of sp³-hybridized carbons (Fsp3) is 0.471. The number of hydrogen-bond acceptors (Lipinski definition) is 1. The second-order valence-electron chi connectivity index (χ2n) is 5.06. The van der Waals surface area contributed by atoms with E-state index in [1.54, 1.807) is 0 Å². The van der Waals surface area contributed by atoms with E-state index in [2.05, 4.69) is 42.0 Å². The molecule has 108 valence electrons. The molecular weight excluding hydrogens is 248 g/mol. The van der Waals surface area contributed by atoms with Crippen LogP contribution >= 0.6 is 0 Å². The highest BCUT2D eigenvalue weighted by molar-refractivity contribution is 5.81. The zero-order chi connectivity index (χ0) is 14.5. The molecule has 0 aliphatic heterocycles. The van der Waals surface area contributed by atoms with E-state index in [0.717, 1.165) is 26.1 Å². The average molecular weight is 272 g/mol. The first-order valence-corrected chi connectivity index (χ1v) is 7.55. The van der Waals surface area contributed by atoms with E-state index in [1.165, 1.54) is 16.5 Å². The molecule has 0 spiro atoms. The van der Waals surface area contributed by atoms with Crippen LogP contribution in [0.25, 0.3) is 10.9 Å². The molecule has 1 heterocycles. The number of hydrogen-bond donors (Lipinski definition) is 0. The van der Waals surface area contributed by atoms with Gasteiger partial charge in [0.25, 0.3) is 0 Å². The Labute approximate surface area is 121 Å². The van der Waals surface area contributed by atoms with Gasteiger partial charge in [0.05, 0.1) is 0 Å². The van der Waals surface area contributed by atoms with Crippen LogP contribution in [0.1, 0.15) is 32.8 Å². The Morgan fingerprint density at radius 3 is 2.55 bits per heavy atom. The van der Waals surface area contributed by atoms with Gasteiger partial charge in [0.1, 0.15) is 0 Å². The minimum atomic E-state index is 0.251. The molecule has 0 unspecified atom stereocenters. The van der Waals surface area contributed by atoms with Crippen molar-refractivity contribution in [2.75, 3.05) is 13.1 Å². The molecule has 3 nitrogen and oxygen atoms in total. The SMILES string of the molecule is CCN(CC)C(=O)CCc1ccc2ccn(CC)c2c1. The van der Waals surface area contributed by atoms with Crippen molar-refractivity contribution in [3.63, 3.8) is 0 Å². The molecule has 20 heavy (non-hydrogen) atoms. The van der Waals surface area contributed by atoms with Crippen molar-refractivity contribution in [3.8, 4) is 0 Å². The smallest absolute Gasteiger partial charge is 0.222 e. The van der Waals surface area contributed by atoms with Gasteiger partial charge in [0, 0.05) is 37.8 Å². The van der Waals surface area contributed by atoms with Crippen LogP contribution in [0.4, 0.5) is 0 Å². The average Bonchev–Trinajstić information content (AvgIpc) is 2.88. The molecule has 0 aliphatic rings. The Morgan fingerprint density at radius 1 is 1.15 bits per heavy atom. The molecule has 0 N–H and O–H groups in total. The fourth-order valence-electron chi connectivity index (χ4n) is 2.65. The summed E-state index contributed by atoms with van der Waals surface area (Å²) in [4.78, 5) is 13.9. The van der Waals surface area contributed by atoms with Crippen LogP contribution in [-0.4, -0.2) is 28.5 Å². The molecule has 1 aromatic carbocycles. The summed E-state index contributed by atoms with van der Waals surface area (Å²) in [5, 5.41) is 1.27. The van der Waals surface area contributed by atoms with Crippen LogP contribution in [0.3, 0.4) is 0 Å². The summed E-state index contributed by atoms with van der Waals surface area (Å²) >= 11 is 0. The lowest BCUT2D eigenvalue weighted by Crippen LogP contribution is -2.30. The third kappa shape index (κ3) is 3.03. The number of amides is 1. The normalized spacial score (nSPS) is 10.9. The van der Waals surface area contributed by atoms with Gasteiger partial charge in [0.2, 0.25) is 5.91 Å². The summed E-state index contributed by atoms with van der Waals surface area (Å²) in [7, 11) is 0. The van der Waals surface area contributed by atoms with Gasteiger partial charge in [-0.25, -0.2) is 0 Å². The zero-order valence-electron chi connectivity index (χ0n) is 12.7. The van der Waals surface area contributed by atoms with Crippen molar-refractivity contribution in [2.45, 2.75) is 40.2 Å². The van der Waals surface area contributed by atoms with Crippen LogP contribution in [0.2, 0.25) is 0 Å². The van der Waals surface area contributed by atoms with E-state index < -0.39 is 0 Å². The first kappa shape index (κ1) is 14.6. The second kappa shape index (κ2) is 6.60. The Balaban J connectivity index is 2.08. The van der Waals surface area contributed by atoms with Crippen molar-refractivity contribution in [1.29, 1.82) is 0 Å². The summed E-state index contributed by atoms with van der Waals surface area (Å²) in [5.41, 5.74) is 2.51. The molecule has 3 heteroatoms. The minimum Gasteiger partial charge on any atom is -0.348 e. The molecule has 0 saturated carbocycles. The predicted octanol–water partition coefficient (Wildman–Crippen LogP) is 3.46. The van der Waals surface area contributed by atoms with E-state index in [4.69, 9.17) is 0 Å². The monoisotopic (exact) mass is 272 g/mol. The summed E-state index contributed by atoms with van der Waals surface area (Å²) in [5.74, 6) is 0.251. The van der Waals surface area contributed by atoms with Crippen LogP contribution in [-0.2, 0) is 17.8 Å². The van der Waals surface area contributed by atoms with Gasteiger partial charge < -0.3 is 9.47 Å². The molecule has 1 aromatic heterocycles. The highest BCUT2D eigenvalue weighted by atomic mass is 16.2. The number of rotatable bonds is 6. The molecular formula is C17H24N2O. The lowest BCUT2D eigenvalue weighted by atomic mass is 10.1. The van der Waals surface area contributed by atoms with Crippen LogP contribution in [0, 0.1) is 0 Å². The summed E-state index contributed by atoms with van der Waals surface area (Å²) in [6.45, 7) is 8.78. The lowest BCUT2D eigenvalue weighted by molar-refractivity contribution is -0.130. The van der Waals surface area contributed by atoms with Crippen molar-refractivity contribution in [1.82, 2.24) is 9.47 Å². The second-order valence-corrected chi connectivity index (χ2v) is 5.06. The number of carbonyl (C=O) groups is 1. The topological polar surface area (TPSA) is 25.2 Å². The third-order valence-corrected chi connectivity index (χ3v) is 3.92. The number of carbonyl (C=O) groups excluding carboxylic acids is 1. The van der Waals surface area contributed by atoms with E-state index in [1.807, 2.05) is 18.7 Å². The third-order valence-electron chi connectivity index (χ3n) is 3.92.